The van der Waals surface area contributed by atoms with Crippen molar-refractivity contribution in [2.75, 3.05) is 0 Å². The molecule has 0 saturated heterocycles. The monoisotopic (exact) mass is 357 g/mol. The number of hydrogen-bond acceptors (Lipinski definition) is 4. The van der Waals surface area contributed by atoms with Gasteiger partial charge in [0, 0.05) is 23.6 Å². The van der Waals surface area contributed by atoms with E-state index in [0.29, 0.717) is 11.9 Å². The van der Waals surface area contributed by atoms with Gasteiger partial charge >= 0.3 is 6.18 Å². The van der Waals surface area contributed by atoms with E-state index in [4.69, 9.17) is 0 Å². The minimum Gasteiger partial charge on any atom is -0.281 e. The number of alkyl halides is 3. The Bertz CT molecular complexity index is 1040. The Hall–Kier alpha value is -2.77. The Labute approximate surface area is 146 Å². The van der Waals surface area contributed by atoms with Crippen LogP contribution in [0.15, 0.2) is 40.1 Å². The number of fused-ring (bicyclic) bond motifs is 2. The molecule has 5 nitrogen and oxygen atoms in total. The first-order valence-electron chi connectivity index (χ1n) is 8.50. The lowest BCUT2D eigenvalue weighted by Gasteiger charge is -2.26. The lowest BCUT2D eigenvalue weighted by Crippen LogP contribution is -2.17. The smallest absolute Gasteiger partial charge is 0.281 e. The highest BCUT2D eigenvalue weighted by atomic mass is 19.4. The maximum Gasteiger partial charge on any atom is 0.433 e. The lowest BCUT2D eigenvalue weighted by molar-refractivity contribution is -0.141. The molecule has 0 bridgehead atoms. The van der Waals surface area contributed by atoms with Gasteiger partial charge in [-0.2, -0.15) is 23.4 Å². The summed E-state index contributed by atoms with van der Waals surface area (Å²) in [5, 5.41) is 7.96. The molecule has 3 aliphatic rings. The highest BCUT2D eigenvalue weighted by Crippen LogP contribution is 2.39. The summed E-state index contributed by atoms with van der Waals surface area (Å²) in [6, 6.07) is 2.40. The molecule has 0 radical (unpaired) electrons. The largest absolute Gasteiger partial charge is 0.433 e. The Kier molecular flexibility index (Phi) is 3.19. The molecule has 132 valence electrons. The number of rotatable bonds is 2. The third kappa shape index (κ3) is 2.32. The van der Waals surface area contributed by atoms with Gasteiger partial charge in [0.15, 0.2) is 5.65 Å². The van der Waals surface area contributed by atoms with Crippen LogP contribution >= 0.6 is 0 Å². The van der Waals surface area contributed by atoms with Crippen molar-refractivity contribution in [2.24, 2.45) is 10.2 Å². The van der Waals surface area contributed by atoms with Crippen LogP contribution in [0.3, 0.4) is 0 Å². The van der Waals surface area contributed by atoms with Crippen LogP contribution in [0.1, 0.15) is 43.1 Å². The van der Waals surface area contributed by atoms with Crippen molar-refractivity contribution < 1.29 is 13.2 Å². The fourth-order valence-corrected chi connectivity index (χ4v) is 3.48. The van der Waals surface area contributed by atoms with Gasteiger partial charge in [0.25, 0.3) is 0 Å². The van der Waals surface area contributed by atoms with Crippen LogP contribution in [-0.2, 0) is 6.18 Å². The second kappa shape index (κ2) is 5.36. The van der Waals surface area contributed by atoms with Gasteiger partial charge < -0.3 is 0 Å². The molecule has 2 aliphatic carbocycles. The van der Waals surface area contributed by atoms with Gasteiger partial charge in [-0.15, -0.1) is 0 Å². The summed E-state index contributed by atoms with van der Waals surface area (Å²) in [5.41, 5.74) is 2.37. The summed E-state index contributed by atoms with van der Waals surface area (Å²) >= 11 is 0. The molecule has 0 unspecified atom stereocenters. The highest BCUT2D eigenvalue weighted by Gasteiger charge is 2.34. The van der Waals surface area contributed by atoms with Crippen LogP contribution in [0.4, 0.5) is 13.2 Å². The van der Waals surface area contributed by atoms with E-state index in [1.54, 1.807) is 10.8 Å². The summed E-state index contributed by atoms with van der Waals surface area (Å²) in [5.74, 6) is 1.04. The number of pyridine rings is 1. The molecule has 2 aromatic heterocycles. The first-order chi connectivity index (χ1) is 12.5. The van der Waals surface area contributed by atoms with Crippen LogP contribution in [0.5, 0.6) is 0 Å². The maximum absolute atomic E-state index is 13.2. The molecule has 0 aromatic carbocycles. The molecule has 3 heterocycles. The SMILES string of the molecule is FC(F)(F)c1ccc2nc(C3CCC3)n(C3=CCC4=NN=CC4=C3)c2n1. The predicted molar refractivity (Wildman–Crippen MR) is 92.0 cm³/mol. The van der Waals surface area contributed by atoms with Crippen LogP contribution < -0.4 is 0 Å². The van der Waals surface area contributed by atoms with Crippen molar-refractivity contribution in [1.82, 2.24) is 14.5 Å². The van der Waals surface area contributed by atoms with Crippen molar-refractivity contribution in [3.63, 3.8) is 0 Å². The van der Waals surface area contributed by atoms with Crippen molar-refractivity contribution in [2.45, 2.75) is 37.8 Å². The second-order valence-corrected chi connectivity index (χ2v) is 6.69. The molecule has 5 rings (SSSR count). The predicted octanol–water partition coefficient (Wildman–Crippen LogP) is 4.33. The third-order valence-electron chi connectivity index (χ3n) is 5.07. The van der Waals surface area contributed by atoms with E-state index in [-0.39, 0.29) is 11.6 Å². The molecule has 0 atom stereocenters. The summed E-state index contributed by atoms with van der Waals surface area (Å²) in [6.45, 7) is 0. The minimum atomic E-state index is -4.49. The Morgan fingerprint density at radius 2 is 1.96 bits per heavy atom. The molecule has 1 fully saturated rings. The lowest BCUT2D eigenvalue weighted by atomic mass is 9.84. The van der Waals surface area contributed by atoms with E-state index in [2.05, 4.69) is 20.2 Å². The Morgan fingerprint density at radius 1 is 1.12 bits per heavy atom. The van der Waals surface area contributed by atoms with Gasteiger partial charge in [-0.1, -0.05) is 12.5 Å². The number of imidazole rings is 1. The molecule has 1 saturated carbocycles. The van der Waals surface area contributed by atoms with E-state index in [0.717, 1.165) is 48.1 Å². The first kappa shape index (κ1) is 15.5. The molecule has 0 N–H and O–H groups in total. The maximum atomic E-state index is 13.2. The molecular weight excluding hydrogens is 343 g/mol. The van der Waals surface area contributed by atoms with Crippen LogP contribution in [-0.4, -0.2) is 26.5 Å². The highest BCUT2D eigenvalue weighted by molar-refractivity contribution is 6.21. The number of nitrogens with zero attached hydrogens (tertiary/aromatic N) is 5. The van der Waals surface area contributed by atoms with Crippen molar-refractivity contribution in [3.8, 4) is 0 Å². The van der Waals surface area contributed by atoms with E-state index < -0.39 is 11.9 Å². The quantitative estimate of drug-likeness (QED) is 0.803. The van der Waals surface area contributed by atoms with E-state index in [9.17, 15) is 13.2 Å². The standard InChI is InChI=1S/C18H14F3N5/c19-18(20,21)15-7-6-14-17(24-15)26(16(23-14)10-2-1-3-10)12-4-5-13-11(8-12)9-22-25-13/h4,6-10H,1-3,5H2. The fourth-order valence-electron chi connectivity index (χ4n) is 3.48. The molecule has 8 heteroatoms. The van der Waals surface area contributed by atoms with Gasteiger partial charge in [0.2, 0.25) is 0 Å². The van der Waals surface area contributed by atoms with Crippen molar-refractivity contribution >= 4 is 28.8 Å². The van der Waals surface area contributed by atoms with Crippen LogP contribution in [0, 0.1) is 0 Å². The molecule has 0 spiro atoms. The van der Waals surface area contributed by atoms with Gasteiger partial charge in [-0.25, -0.2) is 9.97 Å². The number of hydrogen-bond donors (Lipinski definition) is 0. The average molecular weight is 357 g/mol. The molecule has 26 heavy (non-hydrogen) atoms. The zero-order chi connectivity index (χ0) is 17.9. The zero-order valence-electron chi connectivity index (χ0n) is 13.7. The van der Waals surface area contributed by atoms with Gasteiger partial charge in [-0.05, 0) is 31.1 Å². The van der Waals surface area contributed by atoms with Gasteiger partial charge in [-0.3, -0.25) is 4.57 Å². The molecule has 0 amide bonds. The minimum absolute atomic E-state index is 0.250. The molecule has 2 aromatic rings. The average Bonchev–Trinajstić information content (AvgIpc) is 3.14. The zero-order valence-corrected chi connectivity index (χ0v) is 13.7. The van der Waals surface area contributed by atoms with Gasteiger partial charge in [0.1, 0.15) is 17.0 Å². The van der Waals surface area contributed by atoms with Crippen LogP contribution in [0.2, 0.25) is 0 Å². The first-order valence-corrected chi connectivity index (χ1v) is 8.50. The summed E-state index contributed by atoms with van der Waals surface area (Å²) < 4.78 is 41.3. The van der Waals surface area contributed by atoms with Gasteiger partial charge in [0.05, 0.1) is 11.9 Å². The number of allylic oxidation sites excluding steroid dienone is 4. The van der Waals surface area contributed by atoms with E-state index >= 15 is 0 Å². The second-order valence-electron chi connectivity index (χ2n) is 6.69. The van der Waals surface area contributed by atoms with E-state index in [1.807, 2.05) is 12.2 Å². The van der Waals surface area contributed by atoms with E-state index in [1.165, 1.54) is 6.07 Å². The topological polar surface area (TPSA) is 55.4 Å². The summed E-state index contributed by atoms with van der Waals surface area (Å²) in [7, 11) is 0. The molecule has 1 aliphatic heterocycles. The van der Waals surface area contributed by atoms with Crippen LogP contribution in [0.25, 0.3) is 16.9 Å². The summed E-state index contributed by atoms with van der Waals surface area (Å²) in [6.07, 6.45) is 4.70. The summed E-state index contributed by atoms with van der Waals surface area (Å²) in [4.78, 5) is 8.53. The Morgan fingerprint density at radius 3 is 2.69 bits per heavy atom. The number of aromatic nitrogens is 3. The number of halogens is 3. The Balaban J connectivity index is 1.72. The third-order valence-corrected chi connectivity index (χ3v) is 5.07. The van der Waals surface area contributed by atoms with Crippen molar-refractivity contribution in [1.29, 1.82) is 0 Å². The normalized spacial score (nSPS) is 19.9. The molecular formula is C18H14F3N5. The fraction of sp³-hybridized carbons (Fsp3) is 0.333. The van der Waals surface area contributed by atoms with Crippen molar-refractivity contribution in [3.05, 3.63) is 41.4 Å².